The molecule has 12 heavy (non-hydrogen) atoms. The van der Waals surface area contributed by atoms with Gasteiger partial charge in [-0.15, -0.1) is 0 Å². The van der Waals surface area contributed by atoms with E-state index in [1.165, 1.54) is 5.57 Å². The van der Waals surface area contributed by atoms with Crippen molar-refractivity contribution in [2.45, 2.75) is 33.1 Å². The molecule has 1 aliphatic carbocycles. The number of ketones is 1. The van der Waals surface area contributed by atoms with Gasteiger partial charge in [0.1, 0.15) is 0 Å². The number of hydrogen-bond acceptors (Lipinski definition) is 1. The molecule has 0 aliphatic heterocycles. The van der Waals surface area contributed by atoms with Crippen LogP contribution in [0.1, 0.15) is 33.1 Å². The van der Waals surface area contributed by atoms with Gasteiger partial charge < -0.3 is 0 Å². The zero-order valence-corrected chi connectivity index (χ0v) is 13.9. The fourth-order valence-corrected chi connectivity index (χ4v) is 6.79. The Bertz CT molecular complexity index is 225. The molecule has 1 rings (SSSR count). The van der Waals surface area contributed by atoms with E-state index in [0.717, 1.165) is 19.3 Å². The number of rotatable bonds is 2. The first kappa shape index (κ1) is 10.7. The maximum atomic E-state index is 11.4. The second kappa shape index (κ2) is 4.23. The maximum absolute atomic E-state index is 11.4. The van der Waals surface area contributed by atoms with E-state index < -0.39 is 23.3 Å². The van der Waals surface area contributed by atoms with Crippen molar-refractivity contribution in [3.63, 3.8) is 0 Å². The minimum atomic E-state index is -1.21. The van der Waals surface area contributed by atoms with Gasteiger partial charge in [-0.3, -0.25) is 0 Å². The summed E-state index contributed by atoms with van der Waals surface area (Å²) >= 11 is -1.21. The molecule has 0 bridgehead atoms. The molecule has 1 atom stereocenters. The Morgan fingerprint density at radius 2 is 2.42 bits per heavy atom. The van der Waals surface area contributed by atoms with Crippen molar-refractivity contribution in [2.24, 2.45) is 5.41 Å². The van der Waals surface area contributed by atoms with Gasteiger partial charge in [0.15, 0.2) is 0 Å². The summed E-state index contributed by atoms with van der Waals surface area (Å²) in [6.07, 6.45) is 3.29. The number of halogens is 1. The molecule has 0 saturated heterocycles. The van der Waals surface area contributed by atoms with Crippen molar-refractivity contribution in [2.75, 3.05) is 0 Å². The molecule has 1 fully saturated rings. The van der Waals surface area contributed by atoms with Crippen molar-refractivity contribution in [3.8, 4) is 0 Å². The Balaban J connectivity index is 2.89. The summed E-state index contributed by atoms with van der Waals surface area (Å²) in [5, 5.41) is 0. The van der Waals surface area contributed by atoms with Gasteiger partial charge >= 0.3 is 89.8 Å². The second-order valence-electron chi connectivity index (χ2n) is 3.63. The van der Waals surface area contributed by atoms with E-state index in [0.29, 0.717) is 5.78 Å². The molecule has 0 N–H and O–H groups in total. The Morgan fingerprint density at radius 3 is 2.92 bits per heavy atom. The van der Waals surface area contributed by atoms with E-state index in [4.69, 9.17) is 8.25 Å². The number of Topliss-reactive ketones (excluding diaryl/α,β-unsaturated/α-hetero) is 1. The first-order valence-electron chi connectivity index (χ1n) is 4.38. The summed E-state index contributed by atoms with van der Waals surface area (Å²) in [6.45, 7) is 3.76. The average Bonchev–Trinajstić information content (AvgIpc) is 2.35. The van der Waals surface area contributed by atoms with Gasteiger partial charge in [-0.2, -0.15) is 0 Å². The van der Waals surface area contributed by atoms with Gasteiger partial charge in [0.05, 0.1) is 0 Å². The monoisotopic (exact) mass is 374 g/mol. The molecule has 64 valence electrons. The summed E-state index contributed by atoms with van der Waals surface area (Å²) < 4.78 is 2.22. The van der Waals surface area contributed by atoms with Crippen molar-refractivity contribution >= 4 is 14.0 Å². The molecule has 0 amide bonds. The molecule has 0 aromatic carbocycles. The van der Waals surface area contributed by atoms with Crippen molar-refractivity contribution in [1.82, 2.24) is 0 Å². The third kappa shape index (κ3) is 1.93. The van der Waals surface area contributed by atoms with Crippen LogP contribution in [0.15, 0.2) is 9.16 Å². The van der Waals surface area contributed by atoms with Crippen LogP contribution in [0.3, 0.4) is 0 Å². The number of hydrogen-bond donors (Lipinski definition) is 0. The standard InChI is InChI=1S/C9H13O.ClH.Hg/c1-7-5-4-6-9(7,3)8(2)10;;/h1H,4-6H2,2-3H3;1H;/q;;+1/p-1. The molecule has 0 spiro atoms. The summed E-state index contributed by atoms with van der Waals surface area (Å²) in [7, 11) is 5.85. The van der Waals surface area contributed by atoms with Crippen LogP contribution in [0.25, 0.3) is 0 Å². The van der Waals surface area contributed by atoms with Crippen LogP contribution < -0.4 is 0 Å². The predicted octanol–water partition coefficient (Wildman–Crippen LogP) is 2.89. The fraction of sp³-hybridized carbons (Fsp3) is 0.667. The zero-order valence-electron chi connectivity index (χ0n) is 7.69. The molecule has 1 saturated carbocycles. The molecule has 1 unspecified atom stereocenters. The van der Waals surface area contributed by atoms with Crippen molar-refractivity contribution in [1.29, 1.82) is 0 Å². The quantitative estimate of drug-likeness (QED) is 0.681. The van der Waals surface area contributed by atoms with Crippen LogP contribution in [-0.2, 0) is 28.1 Å². The van der Waals surface area contributed by atoms with Crippen LogP contribution in [0, 0.1) is 5.41 Å². The van der Waals surface area contributed by atoms with E-state index in [1.54, 1.807) is 6.92 Å². The Hall–Kier alpha value is 0.635. The minimum absolute atomic E-state index is 0.144. The first-order valence-corrected chi connectivity index (χ1v) is 14.3. The van der Waals surface area contributed by atoms with Crippen molar-refractivity contribution < 1.29 is 28.1 Å². The number of allylic oxidation sites excluding steroid dienone is 1. The summed E-state index contributed by atoms with van der Waals surface area (Å²) in [5.41, 5.74) is 1.20. The normalized spacial score (nSPS) is 32.1. The van der Waals surface area contributed by atoms with Crippen LogP contribution >= 0.6 is 8.25 Å². The number of carbonyl (C=O) groups is 1. The van der Waals surface area contributed by atoms with Gasteiger partial charge in [0, 0.05) is 0 Å². The molecule has 3 heteroatoms. The van der Waals surface area contributed by atoms with E-state index in [2.05, 4.69) is 10.5 Å². The predicted molar refractivity (Wildman–Crippen MR) is 46.6 cm³/mol. The van der Waals surface area contributed by atoms with E-state index >= 15 is 0 Å². The van der Waals surface area contributed by atoms with Gasteiger partial charge in [-0.05, 0) is 0 Å². The van der Waals surface area contributed by atoms with Crippen LogP contribution in [0.4, 0.5) is 0 Å². The van der Waals surface area contributed by atoms with Gasteiger partial charge in [0.2, 0.25) is 0 Å². The first-order chi connectivity index (χ1) is 5.61. The second-order valence-corrected chi connectivity index (χ2v) is 9.12. The molecule has 1 nitrogen and oxygen atoms in total. The van der Waals surface area contributed by atoms with Gasteiger partial charge in [0.25, 0.3) is 0 Å². The topological polar surface area (TPSA) is 17.1 Å². The van der Waals surface area contributed by atoms with Crippen molar-refractivity contribution in [3.05, 3.63) is 9.16 Å². The summed E-state index contributed by atoms with van der Waals surface area (Å²) in [4.78, 5) is 11.4. The van der Waals surface area contributed by atoms with E-state index in [1.807, 2.05) is 0 Å². The van der Waals surface area contributed by atoms with Crippen LogP contribution in [0.5, 0.6) is 0 Å². The zero-order chi connectivity index (χ0) is 9.19. The molecule has 0 aromatic rings. The Morgan fingerprint density at radius 1 is 1.75 bits per heavy atom. The SMILES string of the molecule is CC(=O)C1(C)CCC/C1=[CH]/[Hg][Cl]. The van der Waals surface area contributed by atoms with Crippen LogP contribution in [-0.4, -0.2) is 5.78 Å². The molecule has 0 heterocycles. The van der Waals surface area contributed by atoms with E-state index in [-0.39, 0.29) is 5.41 Å². The third-order valence-electron chi connectivity index (χ3n) is 2.93. The third-order valence-corrected chi connectivity index (χ3v) is 6.80. The molecule has 0 aromatic heterocycles. The van der Waals surface area contributed by atoms with Gasteiger partial charge in [-0.25, -0.2) is 0 Å². The average molecular weight is 373 g/mol. The summed E-state index contributed by atoms with van der Waals surface area (Å²) in [6, 6.07) is 0. The number of carbonyl (C=O) groups excluding carboxylic acids is 1. The molecule has 1 aliphatic rings. The molecular formula is C9H13ClHgO. The van der Waals surface area contributed by atoms with E-state index in [9.17, 15) is 4.79 Å². The fourth-order valence-electron chi connectivity index (χ4n) is 1.89. The molecular weight excluding hydrogens is 360 g/mol. The summed E-state index contributed by atoms with van der Waals surface area (Å²) in [5.74, 6) is 0.310. The van der Waals surface area contributed by atoms with Gasteiger partial charge in [-0.1, -0.05) is 0 Å². The van der Waals surface area contributed by atoms with Crippen LogP contribution in [0.2, 0.25) is 0 Å². The Labute approximate surface area is 89.4 Å². The Kier molecular flexibility index (Phi) is 3.78. The molecule has 0 radical (unpaired) electrons.